The lowest BCUT2D eigenvalue weighted by Crippen LogP contribution is -2.16. The van der Waals surface area contributed by atoms with Crippen molar-refractivity contribution in [2.24, 2.45) is 17.8 Å². The predicted octanol–water partition coefficient (Wildman–Crippen LogP) is 6.21. The van der Waals surface area contributed by atoms with Gasteiger partial charge in [0.1, 0.15) is 0 Å². The molecule has 2 bridgehead atoms. The summed E-state index contributed by atoms with van der Waals surface area (Å²) in [5.74, 6) is 2.43. The zero-order valence-electron chi connectivity index (χ0n) is 11.4. The van der Waals surface area contributed by atoms with Crippen molar-refractivity contribution in [3.63, 3.8) is 0 Å². The molecule has 2 saturated carbocycles. The number of rotatable bonds is 2. The minimum absolute atomic E-state index is 0.132. The lowest BCUT2D eigenvalue weighted by molar-refractivity contribution is 0.324. The van der Waals surface area contributed by atoms with Crippen molar-refractivity contribution < 1.29 is 0 Å². The largest absolute Gasteiger partial charge is 0.117 e. The van der Waals surface area contributed by atoms with Gasteiger partial charge >= 0.3 is 0 Å². The van der Waals surface area contributed by atoms with Gasteiger partial charge in [0, 0.05) is 10.4 Å². The van der Waals surface area contributed by atoms with Crippen molar-refractivity contribution in [3.8, 4) is 0 Å². The molecule has 2 aliphatic carbocycles. The quantitative estimate of drug-likeness (QED) is 0.579. The van der Waals surface area contributed by atoms with Crippen molar-refractivity contribution in [3.05, 3.63) is 47.0 Å². The third kappa shape index (κ3) is 1.96. The predicted molar refractivity (Wildman–Crippen MR) is 86.5 cm³/mol. The Labute approximate surface area is 130 Å². The minimum atomic E-state index is 0.132. The average molecular weight is 305 g/mol. The fourth-order valence-electron chi connectivity index (χ4n) is 4.41. The molecule has 0 heterocycles. The highest BCUT2D eigenvalue weighted by Crippen LogP contribution is 2.55. The molecule has 0 spiro atoms. The zero-order valence-corrected chi connectivity index (χ0v) is 12.9. The molecule has 0 radical (unpaired) electrons. The Morgan fingerprint density at radius 3 is 2.45 bits per heavy atom. The number of halogens is 2. The van der Waals surface area contributed by atoms with Crippen LogP contribution >= 0.6 is 23.2 Å². The maximum Gasteiger partial charge on any atom is 0.0622 e. The molecule has 2 aromatic rings. The van der Waals surface area contributed by atoms with Crippen LogP contribution in [0.2, 0.25) is 5.02 Å². The summed E-state index contributed by atoms with van der Waals surface area (Å²) in [5.41, 5.74) is 1.27. The summed E-state index contributed by atoms with van der Waals surface area (Å²) in [6, 6.07) is 12.5. The summed E-state index contributed by atoms with van der Waals surface area (Å²) in [4.78, 5) is 0. The Kier molecular flexibility index (Phi) is 3.20. The SMILES string of the molecule is Clc1ccc(C(Cl)C2CC3CCC2C3)c2ccccc12. The van der Waals surface area contributed by atoms with Gasteiger partial charge in [0.25, 0.3) is 0 Å². The van der Waals surface area contributed by atoms with E-state index in [9.17, 15) is 0 Å². The van der Waals surface area contributed by atoms with Gasteiger partial charge in [0.2, 0.25) is 0 Å². The van der Waals surface area contributed by atoms with Gasteiger partial charge in [-0.2, -0.15) is 0 Å². The van der Waals surface area contributed by atoms with Crippen molar-refractivity contribution in [1.82, 2.24) is 0 Å². The highest BCUT2D eigenvalue weighted by atomic mass is 35.5. The van der Waals surface area contributed by atoms with Gasteiger partial charge in [-0.05, 0) is 54.0 Å². The third-order valence-corrected chi connectivity index (χ3v) is 6.26. The average Bonchev–Trinajstić information content (AvgIpc) is 3.10. The van der Waals surface area contributed by atoms with Crippen LogP contribution in [0.5, 0.6) is 0 Å². The van der Waals surface area contributed by atoms with E-state index in [0.29, 0.717) is 5.92 Å². The van der Waals surface area contributed by atoms with Gasteiger partial charge in [0.05, 0.1) is 5.38 Å². The van der Waals surface area contributed by atoms with E-state index in [1.54, 1.807) is 0 Å². The van der Waals surface area contributed by atoms with Crippen LogP contribution in [-0.2, 0) is 0 Å². The molecule has 4 rings (SSSR count). The lowest BCUT2D eigenvalue weighted by atomic mass is 9.83. The summed E-state index contributed by atoms with van der Waals surface area (Å²) in [5, 5.41) is 3.30. The molecule has 4 atom stereocenters. The van der Waals surface area contributed by atoms with Crippen LogP contribution in [0.25, 0.3) is 10.8 Å². The molecule has 0 aliphatic heterocycles. The van der Waals surface area contributed by atoms with Crippen molar-refractivity contribution in [1.29, 1.82) is 0 Å². The van der Waals surface area contributed by atoms with Crippen LogP contribution in [0.15, 0.2) is 36.4 Å². The van der Waals surface area contributed by atoms with Gasteiger partial charge in [-0.25, -0.2) is 0 Å². The molecule has 0 aromatic heterocycles. The Balaban J connectivity index is 1.77. The lowest BCUT2D eigenvalue weighted by Gasteiger charge is -2.27. The Bertz CT molecular complexity index is 649. The summed E-state index contributed by atoms with van der Waals surface area (Å²) in [7, 11) is 0. The molecule has 2 heteroatoms. The standard InChI is InChI=1S/C18H18Cl2/c19-17-8-7-15(13-3-1-2-4-14(13)17)18(20)16-10-11-5-6-12(16)9-11/h1-4,7-8,11-12,16,18H,5-6,9-10H2. The first-order valence-electron chi connectivity index (χ1n) is 7.55. The van der Waals surface area contributed by atoms with E-state index in [2.05, 4.69) is 24.3 Å². The minimum Gasteiger partial charge on any atom is -0.117 e. The van der Waals surface area contributed by atoms with Crippen molar-refractivity contribution >= 4 is 34.0 Å². The van der Waals surface area contributed by atoms with Crippen LogP contribution in [0.4, 0.5) is 0 Å². The fourth-order valence-corrected chi connectivity index (χ4v) is 5.14. The van der Waals surface area contributed by atoms with E-state index in [1.165, 1.54) is 36.6 Å². The second kappa shape index (κ2) is 4.93. The van der Waals surface area contributed by atoms with Crippen LogP contribution in [0.1, 0.15) is 36.6 Å². The molecule has 0 amide bonds. The van der Waals surface area contributed by atoms with Crippen LogP contribution in [-0.4, -0.2) is 0 Å². The Morgan fingerprint density at radius 2 is 1.75 bits per heavy atom. The van der Waals surface area contributed by atoms with Gasteiger partial charge in [-0.3, -0.25) is 0 Å². The van der Waals surface area contributed by atoms with Crippen molar-refractivity contribution in [2.75, 3.05) is 0 Å². The molecule has 2 aromatic carbocycles. The summed E-state index contributed by atoms with van der Waals surface area (Å²) < 4.78 is 0. The highest BCUT2D eigenvalue weighted by molar-refractivity contribution is 6.35. The van der Waals surface area contributed by atoms with Gasteiger partial charge in [-0.15, -0.1) is 11.6 Å². The topological polar surface area (TPSA) is 0 Å². The molecule has 2 aliphatic rings. The third-order valence-electron chi connectivity index (χ3n) is 5.37. The van der Waals surface area contributed by atoms with Crippen molar-refractivity contribution in [2.45, 2.75) is 31.1 Å². The molecular formula is C18H18Cl2. The van der Waals surface area contributed by atoms with Gasteiger partial charge in [0.15, 0.2) is 0 Å². The fraction of sp³-hybridized carbons (Fsp3) is 0.444. The second-order valence-electron chi connectivity index (χ2n) is 6.42. The maximum atomic E-state index is 6.89. The first-order valence-corrected chi connectivity index (χ1v) is 8.36. The summed E-state index contributed by atoms with van der Waals surface area (Å²) >= 11 is 13.2. The molecule has 0 nitrogen and oxygen atoms in total. The van der Waals surface area contributed by atoms with Gasteiger partial charge in [-0.1, -0.05) is 48.4 Å². The maximum absolute atomic E-state index is 6.89. The first-order chi connectivity index (χ1) is 9.74. The molecule has 0 N–H and O–H groups in total. The number of benzene rings is 2. The zero-order chi connectivity index (χ0) is 13.7. The van der Waals surface area contributed by atoms with E-state index >= 15 is 0 Å². The summed E-state index contributed by atoms with van der Waals surface area (Å²) in [6.07, 6.45) is 5.52. The normalized spacial score (nSPS) is 30.0. The smallest absolute Gasteiger partial charge is 0.0622 e. The number of alkyl halides is 1. The molecule has 2 fully saturated rings. The Morgan fingerprint density at radius 1 is 0.950 bits per heavy atom. The second-order valence-corrected chi connectivity index (χ2v) is 7.30. The molecule has 104 valence electrons. The van der Waals surface area contributed by atoms with Crippen LogP contribution in [0, 0.1) is 17.8 Å². The molecule has 4 unspecified atom stereocenters. The summed E-state index contributed by atoms with van der Waals surface area (Å²) in [6.45, 7) is 0. The molecular weight excluding hydrogens is 287 g/mol. The van der Waals surface area contributed by atoms with Gasteiger partial charge < -0.3 is 0 Å². The number of fused-ring (bicyclic) bond motifs is 3. The van der Waals surface area contributed by atoms with Crippen LogP contribution in [0.3, 0.4) is 0 Å². The van der Waals surface area contributed by atoms with E-state index in [4.69, 9.17) is 23.2 Å². The highest BCUT2D eigenvalue weighted by Gasteiger charge is 2.43. The van der Waals surface area contributed by atoms with E-state index < -0.39 is 0 Å². The number of hydrogen-bond acceptors (Lipinski definition) is 0. The number of hydrogen-bond donors (Lipinski definition) is 0. The molecule has 20 heavy (non-hydrogen) atoms. The van der Waals surface area contributed by atoms with E-state index in [0.717, 1.165) is 22.2 Å². The van der Waals surface area contributed by atoms with E-state index in [1.807, 2.05) is 12.1 Å². The van der Waals surface area contributed by atoms with Crippen LogP contribution < -0.4 is 0 Å². The van der Waals surface area contributed by atoms with E-state index in [-0.39, 0.29) is 5.38 Å². The first kappa shape index (κ1) is 13.0. The monoisotopic (exact) mass is 304 g/mol. The molecule has 0 saturated heterocycles. The Hall–Kier alpha value is -0.720.